The number of aryl methyl sites for hydroxylation is 1. The van der Waals surface area contributed by atoms with Crippen molar-refractivity contribution in [3.63, 3.8) is 0 Å². The van der Waals surface area contributed by atoms with E-state index in [1.165, 1.54) is 11.1 Å². The predicted molar refractivity (Wildman–Crippen MR) is 84.1 cm³/mol. The van der Waals surface area contributed by atoms with E-state index in [2.05, 4.69) is 22.1 Å². The average Bonchev–Trinajstić information content (AvgIpc) is 2.97. The highest BCUT2D eigenvalue weighted by Crippen LogP contribution is 2.27. The highest BCUT2D eigenvalue weighted by molar-refractivity contribution is 7.07. The minimum atomic E-state index is 0.642. The van der Waals surface area contributed by atoms with E-state index in [1.54, 1.807) is 18.4 Å². The van der Waals surface area contributed by atoms with Gasteiger partial charge in [-0.25, -0.2) is 0 Å². The standard InChI is InChI=1S/C16H21NO2S/c1-13-3-4-15(16(11-13)18-2)19-9-8-17-7-5-14-6-10-20-12-14/h3-4,6,10-12,17H,5,7-9H2,1-2H3. The van der Waals surface area contributed by atoms with Crippen molar-refractivity contribution in [1.82, 2.24) is 5.32 Å². The third-order valence-corrected chi connectivity index (χ3v) is 3.76. The summed E-state index contributed by atoms with van der Waals surface area (Å²) in [7, 11) is 1.67. The van der Waals surface area contributed by atoms with Crippen LogP contribution in [0.25, 0.3) is 0 Å². The molecule has 0 saturated carbocycles. The van der Waals surface area contributed by atoms with E-state index in [9.17, 15) is 0 Å². The molecule has 1 aromatic carbocycles. The van der Waals surface area contributed by atoms with Gasteiger partial charge in [-0.05, 0) is 60.0 Å². The van der Waals surface area contributed by atoms with Gasteiger partial charge in [0, 0.05) is 6.54 Å². The number of thiophene rings is 1. The fraction of sp³-hybridized carbons (Fsp3) is 0.375. The lowest BCUT2D eigenvalue weighted by atomic mass is 10.2. The second-order valence-electron chi connectivity index (χ2n) is 4.63. The second-order valence-corrected chi connectivity index (χ2v) is 5.41. The van der Waals surface area contributed by atoms with E-state index in [4.69, 9.17) is 9.47 Å². The van der Waals surface area contributed by atoms with Crippen LogP contribution in [0.5, 0.6) is 11.5 Å². The summed E-state index contributed by atoms with van der Waals surface area (Å²) >= 11 is 1.74. The highest BCUT2D eigenvalue weighted by Gasteiger charge is 2.03. The maximum absolute atomic E-state index is 5.73. The Labute approximate surface area is 124 Å². The lowest BCUT2D eigenvalue weighted by molar-refractivity contribution is 0.292. The molecule has 0 bridgehead atoms. The topological polar surface area (TPSA) is 30.5 Å². The summed E-state index contributed by atoms with van der Waals surface area (Å²) in [4.78, 5) is 0. The SMILES string of the molecule is COc1cc(C)ccc1OCCNCCc1ccsc1. The van der Waals surface area contributed by atoms with Crippen LogP contribution in [-0.4, -0.2) is 26.8 Å². The van der Waals surface area contributed by atoms with Gasteiger partial charge < -0.3 is 14.8 Å². The van der Waals surface area contributed by atoms with E-state index in [-0.39, 0.29) is 0 Å². The minimum absolute atomic E-state index is 0.642. The molecule has 0 amide bonds. The van der Waals surface area contributed by atoms with Crippen LogP contribution in [0.15, 0.2) is 35.0 Å². The Hall–Kier alpha value is -1.52. The summed E-state index contributed by atoms with van der Waals surface area (Å²) < 4.78 is 11.0. The molecule has 0 unspecified atom stereocenters. The van der Waals surface area contributed by atoms with Gasteiger partial charge in [0.1, 0.15) is 6.61 Å². The van der Waals surface area contributed by atoms with E-state index in [1.807, 2.05) is 25.1 Å². The summed E-state index contributed by atoms with van der Waals surface area (Å²) in [5.74, 6) is 1.60. The van der Waals surface area contributed by atoms with Gasteiger partial charge in [0.25, 0.3) is 0 Å². The van der Waals surface area contributed by atoms with Crippen molar-refractivity contribution >= 4 is 11.3 Å². The lowest BCUT2D eigenvalue weighted by Gasteiger charge is -2.11. The van der Waals surface area contributed by atoms with Gasteiger partial charge in [-0.15, -0.1) is 0 Å². The molecular formula is C16H21NO2S. The van der Waals surface area contributed by atoms with Gasteiger partial charge in [0.05, 0.1) is 7.11 Å². The molecule has 0 radical (unpaired) electrons. The van der Waals surface area contributed by atoms with Crippen molar-refractivity contribution in [1.29, 1.82) is 0 Å². The van der Waals surface area contributed by atoms with Gasteiger partial charge in [0.2, 0.25) is 0 Å². The molecule has 1 N–H and O–H groups in total. The Morgan fingerprint density at radius 3 is 2.80 bits per heavy atom. The summed E-state index contributed by atoms with van der Waals surface area (Å²) in [6.45, 7) is 4.49. The zero-order valence-electron chi connectivity index (χ0n) is 12.0. The first-order valence-electron chi connectivity index (χ1n) is 6.79. The van der Waals surface area contributed by atoms with E-state index < -0.39 is 0 Å². The highest BCUT2D eigenvalue weighted by atomic mass is 32.1. The quantitative estimate of drug-likeness (QED) is 0.757. The Morgan fingerprint density at radius 1 is 1.15 bits per heavy atom. The van der Waals surface area contributed by atoms with E-state index in [0.717, 1.165) is 31.0 Å². The zero-order valence-corrected chi connectivity index (χ0v) is 12.8. The monoisotopic (exact) mass is 291 g/mol. The third-order valence-electron chi connectivity index (χ3n) is 3.03. The van der Waals surface area contributed by atoms with Crippen LogP contribution in [0.3, 0.4) is 0 Å². The molecule has 0 aliphatic carbocycles. The molecule has 3 nitrogen and oxygen atoms in total. The van der Waals surface area contributed by atoms with Crippen molar-refractivity contribution in [3.8, 4) is 11.5 Å². The first-order chi connectivity index (χ1) is 9.79. The molecule has 0 spiro atoms. The van der Waals surface area contributed by atoms with Crippen LogP contribution in [-0.2, 0) is 6.42 Å². The lowest BCUT2D eigenvalue weighted by Crippen LogP contribution is -2.23. The number of benzene rings is 1. The van der Waals surface area contributed by atoms with Crippen LogP contribution in [0.2, 0.25) is 0 Å². The summed E-state index contributed by atoms with van der Waals surface area (Å²) in [5, 5.41) is 7.68. The predicted octanol–water partition coefficient (Wildman–Crippen LogP) is 3.28. The third kappa shape index (κ3) is 4.54. The van der Waals surface area contributed by atoms with Gasteiger partial charge in [0.15, 0.2) is 11.5 Å². The first-order valence-corrected chi connectivity index (χ1v) is 7.73. The summed E-state index contributed by atoms with van der Waals surface area (Å²) in [6.07, 6.45) is 1.07. The maximum atomic E-state index is 5.73. The van der Waals surface area contributed by atoms with Crippen molar-refractivity contribution in [3.05, 3.63) is 46.2 Å². The van der Waals surface area contributed by atoms with E-state index >= 15 is 0 Å². The fourth-order valence-corrected chi connectivity index (χ4v) is 2.62. The van der Waals surface area contributed by atoms with Crippen LogP contribution in [0.1, 0.15) is 11.1 Å². The molecule has 0 aliphatic heterocycles. The molecule has 1 heterocycles. The van der Waals surface area contributed by atoms with Crippen LogP contribution in [0.4, 0.5) is 0 Å². The fourth-order valence-electron chi connectivity index (χ4n) is 1.92. The Kier molecular flexibility index (Phi) is 5.89. The van der Waals surface area contributed by atoms with Crippen molar-refractivity contribution in [2.45, 2.75) is 13.3 Å². The molecule has 2 rings (SSSR count). The van der Waals surface area contributed by atoms with Crippen LogP contribution in [0, 0.1) is 6.92 Å². The molecule has 2 aromatic rings. The smallest absolute Gasteiger partial charge is 0.161 e. The molecule has 0 atom stereocenters. The van der Waals surface area contributed by atoms with Crippen molar-refractivity contribution in [2.75, 3.05) is 26.8 Å². The molecule has 0 fully saturated rings. The Bertz CT molecular complexity index is 511. The van der Waals surface area contributed by atoms with E-state index in [0.29, 0.717) is 6.61 Å². The summed E-state index contributed by atoms with van der Waals surface area (Å²) in [6, 6.07) is 8.14. The Morgan fingerprint density at radius 2 is 2.05 bits per heavy atom. The normalized spacial score (nSPS) is 10.5. The van der Waals surface area contributed by atoms with Gasteiger partial charge in [-0.2, -0.15) is 11.3 Å². The number of hydrogen-bond acceptors (Lipinski definition) is 4. The van der Waals surface area contributed by atoms with Crippen molar-refractivity contribution < 1.29 is 9.47 Å². The molecule has 20 heavy (non-hydrogen) atoms. The van der Waals surface area contributed by atoms with Crippen molar-refractivity contribution in [2.24, 2.45) is 0 Å². The van der Waals surface area contributed by atoms with Gasteiger partial charge >= 0.3 is 0 Å². The first kappa shape index (κ1) is 14.9. The van der Waals surface area contributed by atoms with Crippen LogP contribution < -0.4 is 14.8 Å². The van der Waals surface area contributed by atoms with Gasteiger partial charge in [-0.1, -0.05) is 6.07 Å². The number of nitrogens with one attached hydrogen (secondary N) is 1. The minimum Gasteiger partial charge on any atom is -0.493 e. The molecule has 0 saturated heterocycles. The number of ether oxygens (including phenoxy) is 2. The number of methoxy groups -OCH3 is 1. The van der Waals surface area contributed by atoms with Crippen LogP contribution >= 0.6 is 11.3 Å². The van der Waals surface area contributed by atoms with Gasteiger partial charge in [-0.3, -0.25) is 0 Å². The molecule has 108 valence electrons. The summed E-state index contributed by atoms with van der Waals surface area (Å²) in [5.41, 5.74) is 2.56. The number of hydrogen-bond donors (Lipinski definition) is 1. The zero-order chi connectivity index (χ0) is 14.2. The average molecular weight is 291 g/mol. The largest absolute Gasteiger partial charge is 0.493 e. The Balaban J connectivity index is 1.65. The molecule has 4 heteroatoms. The molecule has 1 aromatic heterocycles. The molecular weight excluding hydrogens is 270 g/mol. The molecule has 0 aliphatic rings. The number of rotatable bonds is 8. The maximum Gasteiger partial charge on any atom is 0.161 e. The second kappa shape index (κ2) is 7.92.